The molecule has 2 nitrogen and oxygen atoms in total. The van der Waals surface area contributed by atoms with Gasteiger partial charge in [0.15, 0.2) is 0 Å². The van der Waals surface area contributed by atoms with Gasteiger partial charge in [-0.3, -0.25) is 4.99 Å². The van der Waals surface area contributed by atoms with Crippen molar-refractivity contribution in [2.75, 3.05) is 11.9 Å². The first kappa shape index (κ1) is 14.8. The van der Waals surface area contributed by atoms with Gasteiger partial charge in [0, 0.05) is 30.6 Å². The van der Waals surface area contributed by atoms with Crippen molar-refractivity contribution in [1.82, 2.24) is 0 Å². The third kappa shape index (κ3) is 3.22. The van der Waals surface area contributed by atoms with Crippen molar-refractivity contribution in [3.63, 3.8) is 0 Å². The van der Waals surface area contributed by atoms with Crippen LogP contribution in [-0.4, -0.2) is 19.3 Å². The molecule has 0 bridgehead atoms. The predicted octanol–water partition coefficient (Wildman–Crippen LogP) is 4.79. The van der Waals surface area contributed by atoms with E-state index in [9.17, 15) is 0 Å². The molecule has 0 aliphatic carbocycles. The number of hydrogen-bond acceptors (Lipinski definition) is 2. The molecule has 22 heavy (non-hydrogen) atoms. The van der Waals surface area contributed by atoms with E-state index in [0.717, 1.165) is 24.9 Å². The van der Waals surface area contributed by atoms with Crippen LogP contribution in [0.2, 0.25) is 0 Å². The van der Waals surface area contributed by atoms with Gasteiger partial charge >= 0.3 is 0 Å². The SMILES string of the molecule is CC1CCc2c(/N=C/CCc3ccccc3)cccc2N1C. The summed E-state index contributed by atoms with van der Waals surface area (Å²) in [5, 5.41) is 0. The number of rotatable bonds is 4. The summed E-state index contributed by atoms with van der Waals surface area (Å²) in [7, 11) is 2.19. The number of aryl methyl sites for hydroxylation is 1. The maximum Gasteiger partial charge on any atom is 0.0678 e. The second kappa shape index (κ2) is 6.78. The van der Waals surface area contributed by atoms with Gasteiger partial charge in [0.05, 0.1) is 5.69 Å². The molecule has 1 unspecified atom stereocenters. The van der Waals surface area contributed by atoms with Crippen LogP contribution in [0.15, 0.2) is 53.5 Å². The summed E-state index contributed by atoms with van der Waals surface area (Å²) in [5.41, 5.74) is 5.26. The van der Waals surface area contributed by atoms with Crippen molar-refractivity contribution >= 4 is 17.6 Å². The van der Waals surface area contributed by atoms with Crippen LogP contribution >= 0.6 is 0 Å². The zero-order chi connectivity index (χ0) is 15.4. The summed E-state index contributed by atoms with van der Waals surface area (Å²) in [6.45, 7) is 2.29. The van der Waals surface area contributed by atoms with Gasteiger partial charge in [0.25, 0.3) is 0 Å². The summed E-state index contributed by atoms with van der Waals surface area (Å²) < 4.78 is 0. The highest BCUT2D eigenvalue weighted by Crippen LogP contribution is 2.35. The summed E-state index contributed by atoms with van der Waals surface area (Å²) in [6.07, 6.45) is 6.45. The van der Waals surface area contributed by atoms with Crippen molar-refractivity contribution in [1.29, 1.82) is 0 Å². The van der Waals surface area contributed by atoms with E-state index in [-0.39, 0.29) is 0 Å². The Kier molecular flexibility index (Phi) is 4.57. The minimum Gasteiger partial charge on any atom is -0.372 e. The highest BCUT2D eigenvalue weighted by molar-refractivity contribution is 5.71. The number of benzene rings is 2. The average molecular weight is 292 g/mol. The van der Waals surface area contributed by atoms with Crippen LogP contribution in [0.25, 0.3) is 0 Å². The Bertz CT molecular complexity index is 646. The maximum absolute atomic E-state index is 4.74. The molecule has 0 radical (unpaired) electrons. The highest BCUT2D eigenvalue weighted by Gasteiger charge is 2.21. The molecule has 0 saturated carbocycles. The molecule has 1 aliphatic heterocycles. The topological polar surface area (TPSA) is 15.6 Å². The second-order valence-corrected chi connectivity index (χ2v) is 6.11. The molecule has 0 fully saturated rings. The first-order valence-corrected chi connectivity index (χ1v) is 8.17. The Morgan fingerprint density at radius 1 is 1.14 bits per heavy atom. The molecule has 0 aromatic heterocycles. The maximum atomic E-state index is 4.74. The molecule has 3 rings (SSSR count). The Morgan fingerprint density at radius 3 is 2.77 bits per heavy atom. The molecule has 2 aromatic carbocycles. The lowest BCUT2D eigenvalue weighted by atomic mass is 9.96. The number of hydrogen-bond donors (Lipinski definition) is 0. The van der Waals surface area contributed by atoms with Crippen LogP contribution < -0.4 is 4.90 Å². The Balaban J connectivity index is 1.69. The van der Waals surface area contributed by atoms with Crippen LogP contribution in [0.4, 0.5) is 11.4 Å². The van der Waals surface area contributed by atoms with Crippen molar-refractivity contribution in [3.8, 4) is 0 Å². The fraction of sp³-hybridized carbons (Fsp3) is 0.350. The summed E-state index contributed by atoms with van der Waals surface area (Å²) in [5.74, 6) is 0. The largest absolute Gasteiger partial charge is 0.372 e. The Morgan fingerprint density at radius 2 is 1.95 bits per heavy atom. The standard InChI is InChI=1S/C20H24N2/c1-16-13-14-18-19(11-6-12-20(18)22(16)2)21-15-7-10-17-8-4-3-5-9-17/h3-6,8-9,11-12,15-16H,7,10,13-14H2,1-2H3/b21-15+. The van der Waals surface area contributed by atoms with Gasteiger partial charge in [0.2, 0.25) is 0 Å². The zero-order valence-corrected chi connectivity index (χ0v) is 13.5. The molecule has 1 heterocycles. The number of fused-ring (bicyclic) bond motifs is 1. The molecule has 2 aromatic rings. The number of anilines is 1. The summed E-state index contributed by atoms with van der Waals surface area (Å²) >= 11 is 0. The average Bonchev–Trinajstić information content (AvgIpc) is 2.56. The van der Waals surface area contributed by atoms with Gasteiger partial charge in [0.1, 0.15) is 0 Å². The van der Waals surface area contributed by atoms with E-state index < -0.39 is 0 Å². The van der Waals surface area contributed by atoms with Crippen LogP contribution in [0, 0.1) is 0 Å². The normalized spacial score (nSPS) is 17.7. The molecule has 1 atom stereocenters. The molecule has 2 heteroatoms. The predicted molar refractivity (Wildman–Crippen MR) is 95.5 cm³/mol. The van der Waals surface area contributed by atoms with E-state index in [1.165, 1.54) is 23.2 Å². The van der Waals surface area contributed by atoms with Crippen LogP contribution in [0.3, 0.4) is 0 Å². The Labute approximate surface area is 133 Å². The molecular weight excluding hydrogens is 268 g/mol. The van der Waals surface area contributed by atoms with Gasteiger partial charge in [-0.05, 0) is 50.3 Å². The van der Waals surface area contributed by atoms with Crippen LogP contribution in [-0.2, 0) is 12.8 Å². The Hall–Kier alpha value is -2.09. The fourth-order valence-electron chi connectivity index (χ4n) is 3.09. The third-order valence-electron chi connectivity index (χ3n) is 4.62. The van der Waals surface area contributed by atoms with Gasteiger partial charge in [-0.1, -0.05) is 36.4 Å². The lowest BCUT2D eigenvalue weighted by Crippen LogP contribution is -2.33. The zero-order valence-electron chi connectivity index (χ0n) is 13.5. The van der Waals surface area contributed by atoms with E-state index in [1.54, 1.807) is 0 Å². The lowest BCUT2D eigenvalue weighted by Gasteiger charge is -2.34. The van der Waals surface area contributed by atoms with E-state index in [4.69, 9.17) is 4.99 Å². The van der Waals surface area contributed by atoms with E-state index in [2.05, 4.69) is 73.6 Å². The molecule has 1 aliphatic rings. The molecule has 0 spiro atoms. The van der Waals surface area contributed by atoms with Gasteiger partial charge < -0.3 is 4.90 Å². The highest BCUT2D eigenvalue weighted by atomic mass is 15.1. The third-order valence-corrected chi connectivity index (χ3v) is 4.62. The van der Waals surface area contributed by atoms with Gasteiger partial charge in [-0.2, -0.15) is 0 Å². The van der Waals surface area contributed by atoms with Crippen molar-refractivity contribution in [3.05, 3.63) is 59.7 Å². The van der Waals surface area contributed by atoms with Gasteiger partial charge in [-0.15, -0.1) is 0 Å². The minimum atomic E-state index is 0.616. The second-order valence-electron chi connectivity index (χ2n) is 6.11. The smallest absolute Gasteiger partial charge is 0.0678 e. The van der Waals surface area contributed by atoms with Crippen molar-refractivity contribution in [2.24, 2.45) is 4.99 Å². The van der Waals surface area contributed by atoms with E-state index >= 15 is 0 Å². The van der Waals surface area contributed by atoms with E-state index in [1.807, 2.05) is 0 Å². The van der Waals surface area contributed by atoms with Crippen molar-refractivity contribution < 1.29 is 0 Å². The molecule has 0 amide bonds. The van der Waals surface area contributed by atoms with Gasteiger partial charge in [-0.25, -0.2) is 0 Å². The number of aliphatic imine (C=N–C) groups is 1. The summed E-state index contributed by atoms with van der Waals surface area (Å²) in [4.78, 5) is 7.12. The fourth-order valence-corrected chi connectivity index (χ4v) is 3.09. The molecular formula is C20H24N2. The molecule has 0 N–H and O–H groups in total. The quantitative estimate of drug-likeness (QED) is 0.740. The van der Waals surface area contributed by atoms with Crippen LogP contribution in [0.5, 0.6) is 0 Å². The monoisotopic (exact) mass is 292 g/mol. The first-order valence-electron chi connectivity index (χ1n) is 8.17. The van der Waals surface area contributed by atoms with Crippen LogP contribution in [0.1, 0.15) is 30.9 Å². The van der Waals surface area contributed by atoms with Crippen molar-refractivity contribution in [2.45, 2.75) is 38.6 Å². The lowest BCUT2D eigenvalue weighted by molar-refractivity contribution is 0.599. The summed E-state index contributed by atoms with van der Waals surface area (Å²) in [6, 6.07) is 17.7. The molecule has 0 saturated heterocycles. The number of nitrogens with zero attached hydrogens (tertiary/aromatic N) is 2. The minimum absolute atomic E-state index is 0.616. The van der Waals surface area contributed by atoms with E-state index in [0.29, 0.717) is 6.04 Å². The molecule has 114 valence electrons. The first-order chi connectivity index (χ1) is 10.8.